The van der Waals surface area contributed by atoms with Crippen LogP contribution < -0.4 is 0 Å². The van der Waals surface area contributed by atoms with Gasteiger partial charge in [-0.2, -0.15) is 0 Å². The van der Waals surface area contributed by atoms with E-state index in [2.05, 4.69) is 19.9 Å². The molecule has 3 fully saturated rings. The van der Waals surface area contributed by atoms with E-state index in [0.29, 0.717) is 17.1 Å². The maximum atomic E-state index is 12.3. The Morgan fingerprint density at radius 2 is 1.90 bits per heavy atom. The lowest BCUT2D eigenvalue weighted by Crippen LogP contribution is -2.52. The van der Waals surface area contributed by atoms with Crippen molar-refractivity contribution in [1.29, 1.82) is 0 Å². The van der Waals surface area contributed by atoms with Crippen molar-refractivity contribution < 1.29 is 4.79 Å². The van der Waals surface area contributed by atoms with Crippen molar-refractivity contribution in [3.8, 4) is 0 Å². The van der Waals surface area contributed by atoms with Gasteiger partial charge >= 0.3 is 0 Å². The number of allylic oxidation sites excluding steroid dienone is 2. The maximum Gasteiger partial charge on any atom is 0.161 e. The molecule has 110 valence electrons. The Morgan fingerprint density at radius 3 is 2.75 bits per heavy atom. The smallest absolute Gasteiger partial charge is 0.161 e. The number of hydrogen-bond acceptors (Lipinski definition) is 1. The molecule has 4 aliphatic rings. The number of fused-ring (bicyclic) bond motifs is 5. The van der Waals surface area contributed by atoms with Crippen LogP contribution in [0.3, 0.4) is 0 Å². The molecule has 0 aromatic heterocycles. The largest absolute Gasteiger partial charge is 0.294 e. The molecule has 4 rings (SSSR count). The minimum Gasteiger partial charge on any atom is -0.294 e. The fraction of sp³-hybridized carbons (Fsp3) is 0.842. The van der Waals surface area contributed by atoms with E-state index < -0.39 is 0 Å². The molecule has 4 aliphatic carbocycles. The number of ketones is 1. The van der Waals surface area contributed by atoms with E-state index in [0.717, 1.165) is 24.2 Å². The van der Waals surface area contributed by atoms with Crippen molar-refractivity contribution in [3.05, 3.63) is 12.2 Å². The Hall–Kier alpha value is -0.590. The standard InChI is InChI=1S/C19H28O/c1-18-11-4-3-5-13(18)6-7-14-15-8-9-17(20)19(15,2)12-10-16(14)18/h8-9,13-16H,3-7,10-12H2,1-2H3. The lowest BCUT2D eigenvalue weighted by Gasteiger charge is -2.59. The Labute approximate surface area is 123 Å². The Kier molecular flexibility index (Phi) is 2.76. The molecule has 0 aliphatic heterocycles. The van der Waals surface area contributed by atoms with E-state index in [1.54, 1.807) is 0 Å². The second kappa shape index (κ2) is 4.21. The van der Waals surface area contributed by atoms with E-state index in [1.165, 1.54) is 44.9 Å². The lowest BCUT2D eigenvalue weighted by atomic mass is 9.45. The Bertz CT molecular complexity index is 464. The van der Waals surface area contributed by atoms with Crippen LogP contribution >= 0.6 is 0 Å². The van der Waals surface area contributed by atoms with Gasteiger partial charge in [-0.05, 0) is 73.7 Å². The molecule has 0 aromatic rings. The van der Waals surface area contributed by atoms with Gasteiger partial charge in [0, 0.05) is 5.41 Å². The molecule has 20 heavy (non-hydrogen) atoms. The summed E-state index contributed by atoms with van der Waals surface area (Å²) in [7, 11) is 0. The van der Waals surface area contributed by atoms with Crippen molar-refractivity contribution >= 4 is 5.78 Å². The molecular formula is C19H28O. The number of hydrogen-bond donors (Lipinski definition) is 0. The summed E-state index contributed by atoms with van der Waals surface area (Å²) in [5.41, 5.74) is 0.543. The first kappa shape index (κ1) is 13.1. The highest BCUT2D eigenvalue weighted by atomic mass is 16.1. The van der Waals surface area contributed by atoms with Gasteiger partial charge in [-0.25, -0.2) is 0 Å². The highest BCUT2D eigenvalue weighted by Crippen LogP contribution is 2.64. The topological polar surface area (TPSA) is 17.1 Å². The van der Waals surface area contributed by atoms with Crippen LogP contribution in [0.25, 0.3) is 0 Å². The lowest BCUT2D eigenvalue weighted by molar-refractivity contribution is -0.136. The molecule has 0 heterocycles. The normalized spacial score (nSPS) is 54.2. The van der Waals surface area contributed by atoms with E-state index >= 15 is 0 Å². The second-order valence-corrected chi connectivity index (χ2v) is 8.50. The minimum atomic E-state index is -0.0426. The van der Waals surface area contributed by atoms with Crippen molar-refractivity contribution in [1.82, 2.24) is 0 Å². The Balaban J connectivity index is 1.68. The molecule has 1 heteroatoms. The van der Waals surface area contributed by atoms with Crippen LogP contribution in [0.2, 0.25) is 0 Å². The molecule has 6 unspecified atom stereocenters. The Morgan fingerprint density at radius 1 is 1.05 bits per heavy atom. The summed E-state index contributed by atoms with van der Waals surface area (Å²) >= 11 is 0. The monoisotopic (exact) mass is 272 g/mol. The van der Waals surface area contributed by atoms with E-state index in [9.17, 15) is 4.79 Å². The van der Waals surface area contributed by atoms with E-state index in [-0.39, 0.29) is 5.41 Å². The molecule has 0 amide bonds. The van der Waals surface area contributed by atoms with Crippen LogP contribution in [0.15, 0.2) is 12.2 Å². The van der Waals surface area contributed by atoms with Crippen molar-refractivity contribution in [2.45, 2.75) is 65.2 Å². The summed E-state index contributed by atoms with van der Waals surface area (Å²) in [4.78, 5) is 12.3. The summed E-state index contributed by atoms with van der Waals surface area (Å²) in [5, 5.41) is 0. The number of carbonyl (C=O) groups is 1. The van der Waals surface area contributed by atoms with Crippen LogP contribution in [0, 0.1) is 34.5 Å². The zero-order chi connectivity index (χ0) is 14.0. The molecule has 6 atom stereocenters. The zero-order valence-corrected chi connectivity index (χ0v) is 13.0. The average molecular weight is 272 g/mol. The number of rotatable bonds is 0. The molecule has 0 N–H and O–H groups in total. The molecule has 0 bridgehead atoms. The number of carbonyl (C=O) groups excluding carboxylic acids is 1. The van der Waals surface area contributed by atoms with Crippen LogP contribution in [0.5, 0.6) is 0 Å². The van der Waals surface area contributed by atoms with Crippen LogP contribution in [0.4, 0.5) is 0 Å². The first-order valence-corrected chi connectivity index (χ1v) is 8.78. The molecular weight excluding hydrogens is 244 g/mol. The quantitative estimate of drug-likeness (QED) is 0.621. The van der Waals surface area contributed by atoms with Gasteiger partial charge in [0.05, 0.1) is 0 Å². The van der Waals surface area contributed by atoms with Gasteiger partial charge in [-0.15, -0.1) is 0 Å². The molecule has 0 spiro atoms. The highest BCUT2D eigenvalue weighted by molar-refractivity contribution is 5.97. The molecule has 0 saturated heterocycles. The second-order valence-electron chi connectivity index (χ2n) is 8.50. The van der Waals surface area contributed by atoms with Crippen LogP contribution in [-0.4, -0.2) is 5.78 Å². The SMILES string of the molecule is CC12CCC3C(CCC4CCCCC43C)C1C=CC2=O. The van der Waals surface area contributed by atoms with Crippen molar-refractivity contribution in [2.24, 2.45) is 34.5 Å². The third-order valence-electron chi connectivity index (χ3n) is 7.85. The summed E-state index contributed by atoms with van der Waals surface area (Å²) in [5.74, 6) is 3.61. The first-order valence-electron chi connectivity index (χ1n) is 8.78. The fourth-order valence-corrected chi connectivity index (χ4v) is 6.57. The van der Waals surface area contributed by atoms with Gasteiger partial charge in [0.15, 0.2) is 5.78 Å². The highest BCUT2D eigenvalue weighted by Gasteiger charge is 2.58. The predicted molar refractivity (Wildman–Crippen MR) is 81.3 cm³/mol. The van der Waals surface area contributed by atoms with Gasteiger partial charge in [0.2, 0.25) is 0 Å². The molecule has 1 nitrogen and oxygen atoms in total. The third-order valence-corrected chi connectivity index (χ3v) is 7.85. The minimum absolute atomic E-state index is 0.0426. The molecule has 3 saturated carbocycles. The van der Waals surface area contributed by atoms with Gasteiger partial charge in [0.25, 0.3) is 0 Å². The van der Waals surface area contributed by atoms with Crippen molar-refractivity contribution in [3.63, 3.8) is 0 Å². The maximum absolute atomic E-state index is 12.3. The molecule has 0 radical (unpaired) electrons. The summed E-state index contributed by atoms with van der Waals surface area (Å²) < 4.78 is 0. The molecule has 0 aromatic carbocycles. The first-order chi connectivity index (χ1) is 9.56. The van der Waals surface area contributed by atoms with Crippen LogP contribution in [-0.2, 0) is 4.79 Å². The van der Waals surface area contributed by atoms with E-state index in [1.807, 2.05) is 6.08 Å². The zero-order valence-electron chi connectivity index (χ0n) is 13.0. The van der Waals surface area contributed by atoms with Crippen LogP contribution in [0.1, 0.15) is 65.2 Å². The predicted octanol–water partition coefficient (Wildman–Crippen LogP) is 4.76. The summed E-state index contributed by atoms with van der Waals surface area (Å²) in [6, 6.07) is 0. The fourth-order valence-electron chi connectivity index (χ4n) is 6.57. The van der Waals surface area contributed by atoms with Gasteiger partial charge < -0.3 is 0 Å². The van der Waals surface area contributed by atoms with E-state index in [4.69, 9.17) is 0 Å². The van der Waals surface area contributed by atoms with Gasteiger partial charge in [-0.1, -0.05) is 32.8 Å². The van der Waals surface area contributed by atoms with Crippen molar-refractivity contribution in [2.75, 3.05) is 0 Å². The van der Waals surface area contributed by atoms with Gasteiger partial charge in [-0.3, -0.25) is 4.79 Å². The average Bonchev–Trinajstić information content (AvgIpc) is 2.74. The van der Waals surface area contributed by atoms with Gasteiger partial charge in [0.1, 0.15) is 0 Å². The summed E-state index contributed by atoms with van der Waals surface area (Å²) in [6.45, 7) is 4.84. The third kappa shape index (κ3) is 1.53. The summed E-state index contributed by atoms with van der Waals surface area (Å²) in [6.07, 6.45) is 15.2.